The molecule has 4 fully saturated rings. The number of nitrogen functional groups attached to an aromatic ring is 1. The maximum absolute atomic E-state index is 11.9. The lowest BCUT2D eigenvalue weighted by molar-refractivity contribution is -0.0198. The highest BCUT2D eigenvalue weighted by Gasteiger charge is 2.46. The third-order valence-electron chi connectivity index (χ3n) is 9.17. The largest absolute Gasteiger partial charge is 0.491 e. The zero-order valence-electron chi connectivity index (χ0n) is 21.6. The van der Waals surface area contributed by atoms with Crippen LogP contribution >= 0.6 is 0 Å². The summed E-state index contributed by atoms with van der Waals surface area (Å²) in [5.41, 5.74) is 9.16. The number of nitrogens with zero attached hydrogens (tertiary/aromatic N) is 4. The summed E-state index contributed by atoms with van der Waals surface area (Å²) in [6.45, 7) is 2.42. The molecular weight excluding hydrogens is 502 g/mol. The molecule has 1 aromatic carbocycles. The summed E-state index contributed by atoms with van der Waals surface area (Å²) in [4.78, 5) is 11.4. The number of rotatable bonds is 6. The molecule has 0 unspecified atom stereocenters. The van der Waals surface area contributed by atoms with Crippen molar-refractivity contribution in [2.24, 2.45) is 0 Å². The summed E-state index contributed by atoms with van der Waals surface area (Å²) in [6.07, 6.45) is 11.0. The van der Waals surface area contributed by atoms with Crippen molar-refractivity contribution in [3.05, 3.63) is 36.8 Å². The lowest BCUT2D eigenvalue weighted by Gasteiger charge is -2.31. The highest BCUT2D eigenvalue weighted by molar-refractivity contribution is 7.91. The number of hydrogen-bond acceptors (Lipinski definition) is 8. The Morgan fingerprint density at radius 3 is 2.66 bits per heavy atom. The van der Waals surface area contributed by atoms with E-state index >= 15 is 0 Å². The first-order chi connectivity index (χ1) is 18.4. The fourth-order valence-corrected chi connectivity index (χ4v) is 8.49. The molecule has 0 radical (unpaired) electrons. The standard InChI is InChI=1S/C28H35N5O4S/c29-26-25-24(19-2-1-3-23(14-19)36-17-28-9-4-22(37-28)5-10-28)16-33(27(25)31-18-30-26)21-6-11-32(15-21)20-7-12-38(34,35)13-8-20/h1-3,14,16,18,20-22H,4-13,15,17H2,(H2,29,30,31)/t21-,22?,28?/m1/s1. The van der Waals surface area contributed by atoms with Crippen LogP contribution in [0.3, 0.4) is 0 Å². The van der Waals surface area contributed by atoms with Gasteiger partial charge in [0.05, 0.1) is 23.0 Å². The van der Waals surface area contributed by atoms with E-state index < -0.39 is 9.84 Å². The van der Waals surface area contributed by atoms with E-state index in [-0.39, 0.29) is 11.6 Å². The van der Waals surface area contributed by atoms with Crippen molar-refractivity contribution in [2.75, 3.05) is 36.9 Å². The Balaban J connectivity index is 1.15. The summed E-state index contributed by atoms with van der Waals surface area (Å²) in [5.74, 6) is 1.89. The van der Waals surface area contributed by atoms with Gasteiger partial charge in [0.2, 0.25) is 0 Å². The van der Waals surface area contributed by atoms with Crippen LogP contribution in [0.4, 0.5) is 5.82 Å². The summed E-state index contributed by atoms with van der Waals surface area (Å²) in [6, 6.07) is 8.75. The average Bonchev–Trinajstić information content (AvgIpc) is 3.71. The fourth-order valence-electron chi connectivity index (χ4n) is 7.03. The van der Waals surface area contributed by atoms with Gasteiger partial charge in [-0.15, -0.1) is 0 Å². The number of ether oxygens (including phenoxy) is 2. The van der Waals surface area contributed by atoms with Gasteiger partial charge in [0.15, 0.2) is 0 Å². The zero-order valence-corrected chi connectivity index (χ0v) is 22.4. The van der Waals surface area contributed by atoms with Gasteiger partial charge < -0.3 is 19.8 Å². The van der Waals surface area contributed by atoms with Gasteiger partial charge in [-0.1, -0.05) is 12.1 Å². The van der Waals surface area contributed by atoms with Crippen LogP contribution in [0.1, 0.15) is 51.0 Å². The van der Waals surface area contributed by atoms with E-state index in [9.17, 15) is 8.42 Å². The van der Waals surface area contributed by atoms with Gasteiger partial charge in [-0.05, 0) is 62.6 Å². The molecule has 4 aliphatic rings. The summed E-state index contributed by atoms with van der Waals surface area (Å²) in [7, 11) is -2.87. The second-order valence-corrected chi connectivity index (χ2v) is 13.8. The van der Waals surface area contributed by atoms with Gasteiger partial charge in [0, 0.05) is 36.9 Å². The van der Waals surface area contributed by atoms with E-state index in [1.54, 1.807) is 0 Å². The van der Waals surface area contributed by atoms with Gasteiger partial charge in [-0.2, -0.15) is 0 Å². The number of hydrogen-bond donors (Lipinski definition) is 1. The Kier molecular flexibility index (Phi) is 5.90. The monoisotopic (exact) mass is 537 g/mol. The van der Waals surface area contributed by atoms with E-state index in [1.807, 2.05) is 12.1 Å². The number of likely N-dealkylation sites (tertiary alicyclic amines) is 1. The molecule has 10 heteroatoms. The van der Waals surface area contributed by atoms with Crippen molar-refractivity contribution in [1.29, 1.82) is 0 Å². The summed E-state index contributed by atoms with van der Waals surface area (Å²) >= 11 is 0. The van der Waals surface area contributed by atoms with Gasteiger partial charge in [0.1, 0.15) is 45.6 Å². The van der Waals surface area contributed by atoms with E-state index in [1.165, 1.54) is 6.33 Å². The molecule has 6 heterocycles. The van der Waals surface area contributed by atoms with Gasteiger partial charge in [-0.3, -0.25) is 4.90 Å². The third kappa shape index (κ3) is 4.36. The smallest absolute Gasteiger partial charge is 0.150 e. The molecule has 0 spiro atoms. The van der Waals surface area contributed by atoms with Crippen molar-refractivity contribution in [1.82, 2.24) is 19.4 Å². The minimum Gasteiger partial charge on any atom is -0.491 e. The molecule has 4 aliphatic heterocycles. The van der Waals surface area contributed by atoms with Crippen molar-refractivity contribution >= 4 is 26.7 Å². The maximum Gasteiger partial charge on any atom is 0.150 e. The molecule has 9 nitrogen and oxygen atoms in total. The predicted octanol–water partition coefficient (Wildman–Crippen LogP) is 3.59. The molecular formula is C28H35N5O4S. The van der Waals surface area contributed by atoms with Crippen molar-refractivity contribution in [2.45, 2.75) is 68.7 Å². The molecule has 0 saturated carbocycles. The molecule has 1 atom stereocenters. The predicted molar refractivity (Wildman–Crippen MR) is 146 cm³/mol. The third-order valence-corrected chi connectivity index (χ3v) is 10.9. The molecule has 4 saturated heterocycles. The maximum atomic E-state index is 11.9. The van der Waals surface area contributed by atoms with Crippen LogP contribution in [0, 0.1) is 0 Å². The Bertz CT molecular complexity index is 1450. The van der Waals surface area contributed by atoms with Crippen LogP contribution in [-0.4, -0.2) is 76.8 Å². The number of aromatic nitrogens is 3. The minimum absolute atomic E-state index is 0.119. The van der Waals surface area contributed by atoms with Gasteiger partial charge >= 0.3 is 0 Å². The molecule has 202 valence electrons. The van der Waals surface area contributed by atoms with Crippen LogP contribution in [0.15, 0.2) is 36.8 Å². The van der Waals surface area contributed by atoms with E-state index in [0.717, 1.165) is 85.9 Å². The zero-order chi connectivity index (χ0) is 25.9. The Morgan fingerprint density at radius 2 is 1.89 bits per heavy atom. The first kappa shape index (κ1) is 24.4. The number of sulfone groups is 1. The molecule has 2 bridgehead atoms. The van der Waals surface area contributed by atoms with Crippen molar-refractivity contribution in [3.63, 3.8) is 0 Å². The van der Waals surface area contributed by atoms with Gasteiger partial charge in [0.25, 0.3) is 0 Å². The molecule has 2 N–H and O–H groups in total. The minimum atomic E-state index is -2.87. The lowest BCUT2D eigenvalue weighted by atomic mass is 9.89. The van der Waals surface area contributed by atoms with Crippen LogP contribution in [-0.2, 0) is 14.6 Å². The second kappa shape index (κ2) is 9.20. The summed E-state index contributed by atoms with van der Waals surface area (Å²) in [5, 5.41) is 0.864. The molecule has 3 aromatic rings. The fraction of sp³-hybridized carbons (Fsp3) is 0.571. The lowest BCUT2D eigenvalue weighted by Crippen LogP contribution is -2.40. The van der Waals surface area contributed by atoms with Crippen molar-refractivity contribution in [3.8, 4) is 16.9 Å². The van der Waals surface area contributed by atoms with Crippen molar-refractivity contribution < 1.29 is 17.9 Å². The molecule has 7 rings (SSSR count). The average molecular weight is 538 g/mol. The SMILES string of the molecule is Nc1ncnc2c1c(-c1cccc(OCC34CCC(CC3)O4)c1)cn2[C@@H]1CCN(C2CCS(=O)(=O)CC2)C1. The Hall–Kier alpha value is -2.69. The number of nitrogens with two attached hydrogens (primary N) is 1. The van der Waals surface area contributed by atoms with Crippen LogP contribution in [0.25, 0.3) is 22.2 Å². The van der Waals surface area contributed by atoms with E-state index in [0.29, 0.717) is 36.1 Å². The molecule has 38 heavy (non-hydrogen) atoms. The second-order valence-electron chi connectivity index (χ2n) is 11.5. The molecule has 2 aromatic heterocycles. The van der Waals surface area contributed by atoms with E-state index in [2.05, 4.69) is 37.8 Å². The molecule has 0 amide bonds. The van der Waals surface area contributed by atoms with Gasteiger partial charge in [-0.25, -0.2) is 18.4 Å². The first-order valence-corrected chi connectivity index (χ1v) is 15.7. The molecule has 0 aliphatic carbocycles. The Morgan fingerprint density at radius 1 is 1.08 bits per heavy atom. The number of benzene rings is 1. The summed E-state index contributed by atoms with van der Waals surface area (Å²) < 4.78 is 38.5. The van der Waals surface area contributed by atoms with E-state index in [4.69, 9.17) is 15.2 Å². The topological polar surface area (TPSA) is 113 Å². The number of fused-ring (bicyclic) bond motifs is 3. The highest BCUT2D eigenvalue weighted by Crippen LogP contribution is 2.44. The quantitative estimate of drug-likeness (QED) is 0.508. The first-order valence-electron chi connectivity index (χ1n) is 13.8. The Labute approximate surface area is 223 Å². The number of anilines is 1. The van der Waals surface area contributed by atoms with Crippen LogP contribution < -0.4 is 10.5 Å². The van der Waals surface area contributed by atoms with Crippen LogP contribution in [0.2, 0.25) is 0 Å². The highest BCUT2D eigenvalue weighted by atomic mass is 32.2. The van der Waals surface area contributed by atoms with Crippen LogP contribution in [0.5, 0.6) is 5.75 Å². The normalized spacial score (nSPS) is 29.4.